The van der Waals surface area contributed by atoms with Crippen molar-refractivity contribution in [3.63, 3.8) is 0 Å². The van der Waals surface area contributed by atoms with Gasteiger partial charge in [-0.05, 0) is 40.9 Å². The molecular formula is C9H20N2. The van der Waals surface area contributed by atoms with Crippen LogP contribution in [0.4, 0.5) is 0 Å². The molecule has 0 N–H and O–H groups in total. The molecule has 0 radical (unpaired) electrons. The number of hydrogen-bond donors (Lipinski definition) is 0. The molecule has 0 spiro atoms. The van der Waals surface area contributed by atoms with Crippen molar-refractivity contribution >= 4 is 0 Å². The summed E-state index contributed by atoms with van der Waals surface area (Å²) < 4.78 is 0. The van der Waals surface area contributed by atoms with E-state index in [2.05, 4.69) is 37.9 Å². The average Bonchev–Trinajstić information content (AvgIpc) is 2.18. The van der Waals surface area contributed by atoms with Gasteiger partial charge in [-0.1, -0.05) is 0 Å². The average molecular weight is 156 g/mol. The molecule has 66 valence electrons. The van der Waals surface area contributed by atoms with E-state index < -0.39 is 0 Å². The van der Waals surface area contributed by atoms with Crippen molar-refractivity contribution in [3.8, 4) is 0 Å². The summed E-state index contributed by atoms with van der Waals surface area (Å²) in [5.41, 5.74) is 0. The minimum atomic E-state index is 0.792. The van der Waals surface area contributed by atoms with Crippen LogP contribution < -0.4 is 0 Å². The van der Waals surface area contributed by atoms with E-state index in [1.165, 1.54) is 19.4 Å². The maximum atomic E-state index is 2.50. The Hall–Kier alpha value is -0.0800. The van der Waals surface area contributed by atoms with Crippen LogP contribution >= 0.6 is 0 Å². The van der Waals surface area contributed by atoms with E-state index in [-0.39, 0.29) is 0 Å². The molecule has 1 aliphatic heterocycles. The lowest BCUT2D eigenvalue weighted by atomic mass is 10.2. The van der Waals surface area contributed by atoms with Gasteiger partial charge in [0.25, 0.3) is 0 Å². The first-order chi connectivity index (χ1) is 5.11. The van der Waals surface area contributed by atoms with Crippen molar-refractivity contribution in [2.75, 3.05) is 27.7 Å². The standard InChI is InChI=1S/C9H20N2/c1-8-5-6-9(11(8)4)7-10(2)3/h8-9H,5-7H2,1-4H3/t8-,9?/m0/s1. The van der Waals surface area contributed by atoms with Crippen molar-refractivity contribution < 1.29 is 0 Å². The van der Waals surface area contributed by atoms with E-state index in [4.69, 9.17) is 0 Å². The van der Waals surface area contributed by atoms with Crippen molar-refractivity contribution in [2.45, 2.75) is 31.8 Å². The molecule has 2 heteroatoms. The summed E-state index contributed by atoms with van der Waals surface area (Å²) >= 11 is 0. The molecule has 1 rings (SSSR count). The molecule has 0 aromatic rings. The number of rotatable bonds is 2. The third kappa shape index (κ3) is 2.17. The minimum absolute atomic E-state index is 0.792. The van der Waals surface area contributed by atoms with Gasteiger partial charge in [-0.2, -0.15) is 0 Å². The normalized spacial score (nSPS) is 33.5. The molecule has 0 saturated carbocycles. The predicted molar refractivity (Wildman–Crippen MR) is 48.8 cm³/mol. The Kier molecular flexibility index (Phi) is 2.90. The molecule has 0 amide bonds. The Balaban J connectivity index is 2.36. The molecule has 0 aliphatic carbocycles. The van der Waals surface area contributed by atoms with Gasteiger partial charge in [0, 0.05) is 18.6 Å². The second-order valence-electron chi connectivity index (χ2n) is 4.01. The Labute approximate surface area is 70.2 Å². The first-order valence-electron chi connectivity index (χ1n) is 4.48. The van der Waals surface area contributed by atoms with Crippen LogP contribution in [0.15, 0.2) is 0 Å². The highest BCUT2D eigenvalue weighted by atomic mass is 15.2. The van der Waals surface area contributed by atoms with Crippen molar-refractivity contribution in [1.82, 2.24) is 9.80 Å². The SMILES string of the molecule is C[C@H]1CCC(CN(C)C)N1C. The van der Waals surface area contributed by atoms with Crippen LogP contribution in [-0.4, -0.2) is 49.6 Å². The quantitative estimate of drug-likeness (QED) is 0.589. The highest BCUT2D eigenvalue weighted by Crippen LogP contribution is 2.21. The zero-order valence-corrected chi connectivity index (χ0v) is 8.17. The molecule has 1 unspecified atom stereocenters. The largest absolute Gasteiger partial charge is 0.308 e. The van der Waals surface area contributed by atoms with Crippen LogP contribution in [0.25, 0.3) is 0 Å². The first-order valence-corrected chi connectivity index (χ1v) is 4.48. The molecule has 1 heterocycles. The lowest BCUT2D eigenvalue weighted by Gasteiger charge is -2.25. The van der Waals surface area contributed by atoms with Gasteiger partial charge in [0.05, 0.1) is 0 Å². The fourth-order valence-electron chi connectivity index (χ4n) is 1.84. The molecule has 0 aromatic heterocycles. The summed E-state index contributed by atoms with van der Waals surface area (Å²) in [4.78, 5) is 4.78. The fourth-order valence-corrected chi connectivity index (χ4v) is 1.84. The topological polar surface area (TPSA) is 6.48 Å². The Morgan fingerprint density at radius 3 is 2.36 bits per heavy atom. The van der Waals surface area contributed by atoms with Crippen molar-refractivity contribution in [1.29, 1.82) is 0 Å². The van der Waals surface area contributed by atoms with Crippen LogP contribution in [0.5, 0.6) is 0 Å². The fraction of sp³-hybridized carbons (Fsp3) is 1.00. The summed E-state index contributed by atoms with van der Waals surface area (Å²) in [6.07, 6.45) is 2.74. The lowest BCUT2D eigenvalue weighted by Crippen LogP contribution is -2.37. The van der Waals surface area contributed by atoms with Gasteiger partial charge >= 0.3 is 0 Å². The number of likely N-dealkylation sites (tertiary alicyclic amines) is 1. The zero-order valence-electron chi connectivity index (χ0n) is 8.17. The Morgan fingerprint density at radius 2 is 2.00 bits per heavy atom. The van der Waals surface area contributed by atoms with E-state index >= 15 is 0 Å². The number of nitrogens with zero attached hydrogens (tertiary/aromatic N) is 2. The third-order valence-corrected chi connectivity index (χ3v) is 2.76. The smallest absolute Gasteiger partial charge is 0.0223 e. The highest BCUT2D eigenvalue weighted by molar-refractivity contribution is 4.83. The van der Waals surface area contributed by atoms with E-state index in [1.807, 2.05) is 0 Å². The van der Waals surface area contributed by atoms with Crippen LogP contribution in [-0.2, 0) is 0 Å². The maximum Gasteiger partial charge on any atom is 0.0223 e. The van der Waals surface area contributed by atoms with Gasteiger partial charge in [-0.25, -0.2) is 0 Å². The number of likely N-dealkylation sites (N-methyl/N-ethyl adjacent to an activating group) is 2. The molecule has 0 bridgehead atoms. The summed E-state index contributed by atoms with van der Waals surface area (Å²) in [5, 5.41) is 0. The summed E-state index contributed by atoms with van der Waals surface area (Å²) in [6, 6.07) is 1.58. The highest BCUT2D eigenvalue weighted by Gasteiger charge is 2.26. The lowest BCUT2D eigenvalue weighted by molar-refractivity contribution is 0.209. The van der Waals surface area contributed by atoms with Crippen molar-refractivity contribution in [3.05, 3.63) is 0 Å². The zero-order chi connectivity index (χ0) is 8.43. The van der Waals surface area contributed by atoms with Gasteiger partial charge in [0.2, 0.25) is 0 Å². The molecule has 1 aliphatic rings. The van der Waals surface area contributed by atoms with Crippen molar-refractivity contribution in [2.24, 2.45) is 0 Å². The van der Waals surface area contributed by atoms with E-state index in [0.29, 0.717) is 0 Å². The Morgan fingerprint density at radius 1 is 1.36 bits per heavy atom. The molecule has 1 fully saturated rings. The van der Waals surface area contributed by atoms with Crippen LogP contribution in [0, 0.1) is 0 Å². The van der Waals surface area contributed by atoms with Gasteiger partial charge in [-0.15, -0.1) is 0 Å². The second-order valence-corrected chi connectivity index (χ2v) is 4.01. The molecule has 0 aromatic carbocycles. The molecule has 1 saturated heterocycles. The molecular weight excluding hydrogens is 136 g/mol. The van der Waals surface area contributed by atoms with Crippen LogP contribution in [0.2, 0.25) is 0 Å². The molecule has 2 nitrogen and oxygen atoms in total. The maximum absolute atomic E-state index is 2.50. The van der Waals surface area contributed by atoms with E-state index in [0.717, 1.165) is 12.1 Å². The van der Waals surface area contributed by atoms with E-state index in [1.54, 1.807) is 0 Å². The van der Waals surface area contributed by atoms with E-state index in [9.17, 15) is 0 Å². The van der Waals surface area contributed by atoms with Gasteiger partial charge < -0.3 is 4.90 Å². The molecule has 2 atom stereocenters. The molecule has 11 heavy (non-hydrogen) atoms. The summed E-state index contributed by atoms with van der Waals surface area (Å²) in [6.45, 7) is 3.52. The van der Waals surface area contributed by atoms with Crippen LogP contribution in [0.3, 0.4) is 0 Å². The first kappa shape index (κ1) is 9.01. The Bertz CT molecular complexity index is 123. The predicted octanol–water partition coefficient (Wildman–Crippen LogP) is 1.03. The van der Waals surface area contributed by atoms with Gasteiger partial charge in [0.15, 0.2) is 0 Å². The van der Waals surface area contributed by atoms with Gasteiger partial charge in [0.1, 0.15) is 0 Å². The minimum Gasteiger partial charge on any atom is -0.308 e. The van der Waals surface area contributed by atoms with Crippen LogP contribution in [0.1, 0.15) is 19.8 Å². The number of hydrogen-bond acceptors (Lipinski definition) is 2. The van der Waals surface area contributed by atoms with Gasteiger partial charge in [-0.3, -0.25) is 4.90 Å². The summed E-state index contributed by atoms with van der Waals surface area (Å²) in [7, 11) is 6.54. The monoisotopic (exact) mass is 156 g/mol. The second kappa shape index (κ2) is 3.55. The third-order valence-electron chi connectivity index (χ3n) is 2.76. The summed E-state index contributed by atoms with van der Waals surface area (Å²) in [5.74, 6) is 0.